The summed E-state index contributed by atoms with van der Waals surface area (Å²) in [6.45, 7) is 4.99. The first-order chi connectivity index (χ1) is 13.1. The van der Waals surface area contributed by atoms with Crippen LogP contribution in [0.4, 0.5) is 5.82 Å². The van der Waals surface area contributed by atoms with Gasteiger partial charge in [-0.15, -0.1) is 10.2 Å². The summed E-state index contributed by atoms with van der Waals surface area (Å²) in [5.41, 5.74) is 2.11. The molecule has 0 bridgehead atoms. The minimum atomic E-state index is 0.145. The van der Waals surface area contributed by atoms with Crippen LogP contribution < -0.4 is 4.90 Å². The molecule has 0 radical (unpaired) electrons. The van der Waals surface area contributed by atoms with Crippen molar-refractivity contribution in [3.8, 4) is 0 Å². The van der Waals surface area contributed by atoms with Crippen LogP contribution in [-0.4, -0.2) is 56.6 Å². The molecule has 4 rings (SSSR count). The summed E-state index contributed by atoms with van der Waals surface area (Å²) < 4.78 is 1.91. The number of anilines is 1. The largest absolute Gasteiger partial charge is 0.353 e. The monoisotopic (exact) mass is 384 g/mol. The second-order valence-corrected chi connectivity index (χ2v) is 7.07. The summed E-state index contributed by atoms with van der Waals surface area (Å²) in [6.07, 6.45) is 2.98. The summed E-state index contributed by atoms with van der Waals surface area (Å²) in [7, 11) is 0. The molecule has 1 saturated heterocycles. The number of amides is 1. The van der Waals surface area contributed by atoms with E-state index in [1.807, 2.05) is 33.6 Å². The maximum atomic E-state index is 12.6. The Hall–Kier alpha value is -2.67. The first-order valence-electron chi connectivity index (χ1n) is 9.11. The summed E-state index contributed by atoms with van der Waals surface area (Å²) in [4.78, 5) is 21.3. The van der Waals surface area contributed by atoms with Crippen molar-refractivity contribution in [2.75, 3.05) is 31.1 Å². The predicted molar refractivity (Wildman–Crippen MR) is 104 cm³/mol. The lowest BCUT2D eigenvalue weighted by atomic mass is 10.1. The average Bonchev–Trinajstić information content (AvgIpc) is 3.18. The van der Waals surface area contributed by atoms with Gasteiger partial charge in [0.1, 0.15) is 12.1 Å². The third-order valence-electron chi connectivity index (χ3n) is 4.94. The highest BCUT2D eigenvalue weighted by molar-refractivity contribution is 6.30. The van der Waals surface area contributed by atoms with E-state index in [1.165, 1.54) is 0 Å². The first-order valence-corrected chi connectivity index (χ1v) is 9.48. The lowest BCUT2D eigenvalue weighted by Gasteiger charge is -2.35. The Bertz CT molecular complexity index is 946. The molecular formula is C19H21ClN6O. The van der Waals surface area contributed by atoms with Crippen LogP contribution in [0.3, 0.4) is 0 Å². The highest BCUT2D eigenvalue weighted by atomic mass is 35.5. The molecule has 0 saturated carbocycles. The van der Waals surface area contributed by atoms with E-state index in [1.54, 1.807) is 6.33 Å². The van der Waals surface area contributed by atoms with E-state index in [-0.39, 0.29) is 5.91 Å². The predicted octanol–water partition coefficient (Wildman–Crippen LogP) is 2.23. The van der Waals surface area contributed by atoms with Gasteiger partial charge in [-0.2, -0.15) is 4.98 Å². The molecule has 0 atom stereocenters. The number of rotatable bonds is 4. The molecule has 0 unspecified atom stereocenters. The maximum Gasteiger partial charge on any atom is 0.256 e. The van der Waals surface area contributed by atoms with Crippen molar-refractivity contribution < 1.29 is 4.79 Å². The molecule has 3 aromatic rings. The van der Waals surface area contributed by atoms with Gasteiger partial charge in [-0.05, 0) is 24.1 Å². The number of fused-ring (bicyclic) bond motifs is 1. The van der Waals surface area contributed by atoms with Crippen molar-refractivity contribution in [2.45, 2.75) is 19.8 Å². The molecule has 1 aliphatic heterocycles. The van der Waals surface area contributed by atoms with Crippen molar-refractivity contribution in [3.63, 3.8) is 0 Å². The lowest BCUT2D eigenvalue weighted by Crippen LogP contribution is -2.49. The molecule has 27 heavy (non-hydrogen) atoms. The van der Waals surface area contributed by atoms with E-state index in [9.17, 15) is 4.79 Å². The van der Waals surface area contributed by atoms with Gasteiger partial charge in [-0.25, -0.2) is 0 Å². The number of carbonyl (C=O) groups is 1. The normalized spacial score (nSPS) is 14.7. The average molecular weight is 385 g/mol. The Morgan fingerprint density at radius 1 is 1.15 bits per heavy atom. The minimum absolute atomic E-state index is 0.145. The quantitative estimate of drug-likeness (QED) is 0.690. The number of nitrogens with zero attached hydrogens (tertiary/aromatic N) is 6. The van der Waals surface area contributed by atoms with Crippen molar-refractivity contribution in [3.05, 3.63) is 52.9 Å². The fourth-order valence-corrected chi connectivity index (χ4v) is 3.50. The van der Waals surface area contributed by atoms with Gasteiger partial charge in [0.05, 0.1) is 6.42 Å². The van der Waals surface area contributed by atoms with Crippen LogP contribution in [0.25, 0.3) is 5.78 Å². The Kier molecular flexibility index (Phi) is 4.94. The van der Waals surface area contributed by atoms with Crippen LogP contribution in [0.1, 0.15) is 18.2 Å². The van der Waals surface area contributed by atoms with Crippen LogP contribution >= 0.6 is 11.6 Å². The van der Waals surface area contributed by atoms with Crippen LogP contribution in [0, 0.1) is 0 Å². The number of hydrogen-bond acceptors (Lipinski definition) is 5. The fraction of sp³-hybridized carbons (Fsp3) is 0.368. The zero-order valence-electron chi connectivity index (χ0n) is 15.2. The third-order valence-corrected chi connectivity index (χ3v) is 5.19. The van der Waals surface area contributed by atoms with Crippen LogP contribution in [0.2, 0.25) is 5.02 Å². The van der Waals surface area contributed by atoms with Gasteiger partial charge in [-0.3, -0.25) is 9.20 Å². The maximum absolute atomic E-state index is 12.6. The molecule has 0 aliphatic carbocycles. The fourth-order valence-electron chi connectivity index (χ4n) is 3.37. The standard InChI is InChI=1S/C19H21ClN6O/c1-2-16-12-17(22-19-23-21-13-26(16)19)24-7-9-25(10-8-24)18(27)11-14-3-5-15(20)6-4-14/h3-6,12-13H,2,7-11H2,1H3. The molecular weight excluding hydrogens is 364 g/mol. The number of halogens is 1. The van der Waals surface area contributed by atoms with Crippen molar-refractivity contribution in [1.29, 1.82) is 0 Å². The SMILES string of the molecule is CCc1cc(N2CCN(C(=O)Cc3ccc(Cl)cc3)CC2)nc2nncn12. The number of carbonyl (C=O) groups excluding carboxylic acids is 1. The molecule has 1 aromatic carbocycles. The Morgan fingerprint density at radius 3 is 2.59 bits per heavy atom. The minimum Gasteiger partial charge on any atom is -0.353 e. The highest BCUT2D eigenvalue weighted by Crippen LogP contribution is 2.18. The molecule has 8 heteroatoms. The Balaban J connectivity index is 1.41. The van der Waals surface area contributed by atoms with E-state index in [0.717, 1.165) is 36.6 Å². The Labute approximate surface area is 162 Å². The second-order valence-electron chi connectivity index (χ2n) is 6.63. The summed E-state index contributed by atoms with van der Waals surface area (Å²) in [5, 5.41) is 8.71. The summed E-state index contributed by atoms with van der Waals surface area (Å²) >= 11 is 5.91. The van der Waals surface area contributed by atoms with Gasteiger partial charge in [0.2, 0.25) is 5.91 Å². The number of hydrogen-bond donors (Lipinski definition) is 0. The molecule has 0 N–H and O–H groups in total. The van der Waals surface area contributed by atoms with Gasteiger partial charge in [0.25, 0.3) is 5.78 Å². The van der Waals surface area contributed by atoms with Crippen LogP contribution in [-0.2, 0) is 17.6 Å². The third kappa shape index (κ3) is 3.73. The summed E-state index contributed by atoms with van der Waals surface area (Å²) in [6, 6.07) is 9.53. The number of aryl methyl sites for hydroxylation is 1. The first kappa shape index (κ1) is 17.7. The molecule has 1 amide bonds. The molecule has 140 valence electrons. The number of aromatic nitrogens is 4. The van der Waals surface area contributed by atoms with Gasteiger partial charge >= 0.3 is 0 Å². The van der Waals surface area contributed by atoms with Gasteiger partial charge < -0.3 is 9.80 Å². The number of benzene rings is 1. The molecule has 3 heterocycles. The topological polar surface area (TPSA) is 66.6 Å². The lowest BCUT2D eigenvalue weighted by molar-refractivity contribution is -0.130. The zero-order valence-corrected chi connectivity index (χ0v) is 15.9. The summed E-state index contributed by atoms with van der Waals surface area (Å²) in [5.74, 6) is 1.66. The highest BCUT2D eigenvalue weighted by Gasteiger charge is 2.23. The second kappa shape index (κ2) is 7.52. The van der Waals surface area contributed by atoms with Crippen LogP contribution in [0.5, 0.6) is 0 Å². The molecule has 2 aromatic heterocycles. The van der Waals surface area contributed by atoms with E-state index in [2.05, 4.69) is 33.1 Å². The molecule has 1 fully saturated rings. The van der Waals surface area contributed by atoms with Gasteiger partial charge in [-0.1, -0.05) is 30.7 Å². The van der Waals surface area contributed by atoms with Crippen molar-refractivity contribution in [2.24, 2.45) is 0 Å². The van der Waals surface area contributed by atoms with E-state index in [0.29, 0.717) is 30.3 Å². The van der Waals surface area contributed by atoms with Gasteiger partial charge in [0, 0.05) is 43.0 Å². The zero-order chi connectivity index (χ0) is 18.8. The van der Waals surface area contributed by atoms with E-state index >= 15 is 0 Å². The Morgan fingerprint density at radius 2 is 1.89 bits per heavy atom. The van der Waals surface area contributed by atoms with E-state index in [4.69, 9.17) is 11.6 Å². The number of piperazine rings is 1. The van der Waals surface area contributed by atoms with Crippen molar-refractivity contribution >= 4 is 29.1 Å². The van der Waals surface area contributed by atoms with Crippen LogP contribution in [0.15, 0.2) is 36.7 Å². The molecule has 1 aliphatic rings. The smallest absolute Gasteiger partial charge is 0.256 e. The van der Waals surface area contributed by atoms with Gasteiger partial charge in [0.15, 0.2) is 0 Å². The van der Waals surface area contributed by atoms with E-state index < -0.39 is 0 Å². The van der Waals surface area contributed by atoms with Crippen molar-refractivity contribution in [1.82, 2.24) is 24.5 Å². The molecule has 0 spiro atoms. The molecule has 7 nitrogen and oxygen atoms in total.